The number of carbonyl (C=O) groups is 4. The fourth-order valence-corrected chi connectivity index (χ4v) is 3.84. The molecule has 1 aromatic rings. The van der Waals surface area contributed by atoms with E-state index in [-0.39, 0.29) is 23.6 Å². The van der Waals surface area contributed by atoms with Crippen LogP contribution in [0.5, 0.6) is 0 Å². The van der Waals surface area contributed by atoms with E-state index in [0.717, 1.165) is 5.56 Å². The van der Waals surface area contributed by atoms with Gasteiger partial charge < -0.3 is 19.6 Å². The maximum Gasteiger partial charge on any atom is 0.254 e. The van der Waals surface area contributed by atoms with Gasteiger partial charge in [0.2, 0.25) is 11.8 Å². The van der Waals surface area contributed by atoms with Crippen molar-refractivity contribution in [3.63, 3.8) is 0 Å². The van der Waals surface area contributed by atoms with Gasteiger partial charge in [0, 0.05) is 77.3 Å². The van der Waals surface area contributed by atoms with E-state index in [1.807, 2.05) is 6.92 Å². The lowest BCUT2D eigenvalue weighted by atomic mass is 10.0. The smallest absolute Gasteiger partial charge is 0.254 e. The number of hydrogen-bond acceptors (Lipinski definition) is 4. The lowest BCUT2D eigenvalue weighted by molar-refractivity contribution is -0.131. The Hall–Kier alpha value is -2.90. The maximum absolute atomic E-state index is 13.0. The summed E-state index contributed by atoms with van der Waals surface area (Å²) >= 11 is 0. The molecule has 0 radical (unpaired) electrons. The Bertz CT molecular complexity index is 758. The van der Waals surface area contributed by atoms with Gasteiger partial charge in [-0.3, -0.25) is 19.2 Å². The van der Waals surface area contributed by atoms with Crippen LogP contribution in [-0.4, -0.2) is 95.6 Å². The standard InChI is InChI=1S/C21H28N4O4/c1-15-12-18(20(28)24-8-4-22(5-9-24)16(2)26)14-19(13-15)21(29)25-10-6-23(7-11-25)17(3)27/h12-14H,4-11H2,1-3H3. The Balaban J connectivity index is 1.70. The molecule has 2 heterocycles. The van der Waals surface area contributed by atoms with E-state index in [1.165, 1.54) is 13.8 Å². The van der Waals surface area contributed by atoms with Crippen molar-refractivity contribution in [1.82, 2.24) is 19.6 Å². The Morgan fingerprint density at radius 2 is 0.897 bits per heavy atom. The van der Waals surface area contributed by atoms with E-state index in [4.69, 9.17) is 0 Å². The van der Waals surface area contributed by atoms with Crippen molar-refractivity contribution < 1.29 is 19.2 Å². The van der Waals surface area contributed by atoms with Crippen molar-refractivity contribution in [2.75, 3.05) is 52.4 Å². The van der Waals surface area contributed by atoms with Crippen LogP contribution < -0.4 is 0 Å². The molecule has 0 aliphatic carbocycles. The zero-order chi connectivity index (χ0) is 21.1. The number of aryl methyl sites for hydroxylation is 1. The Morgan fingerprint density at radius 3 is 1.21 bits per heavy atom. The minimum atomic E-state index is -0.118. The van der Waals surface area contributed by atoms with Gasteiger partial charge in [0.25, 0.3) is 11.8 Å². The first-order chi connectivity index (χ1) is 13.8. The van der Waals surface area contributed by atoms with E-state index in [0.29, 0.717) is 63.5 Å². The first-order valence-corrected chi connectivity index (χ1v) is 9.97. The molecule has 156 valence electrons. The fourth-order valence-electron chi connectivity index (χ4n) is 3.84. The summed E-state index contributed by atoms with van der Waals surface area (Å²) in [6.45, 7) is 9.00. The number of amides is 4. The molecule has 29 heavy (non-hydrogen) atoms. The Morgan fingerprint density at radius 1 is 0.586 bits per heavy atom. The third-order valence-corrected chi connectivity index (χ3v) is 5.60. The maximum atomic E-state index is 13.0. The van der Waals surface area contributed by atoms with Crippen molar-refractivity contribution in [1.29, 1.82) is 0 Å². The van der Waals surface area contributed by atoms with Gasteiger partial charge >= 0.3 is 0 Å². The molecule has 2 aliphatic heterocycles. The highest BCUT2D eigenvalue weighted by atomic mass is 16.2. The van der Waals surface area contributed by atoms with Crippen molar-refractivity contribution >= 4 is 23.6 Å². The lowest BCUT2D eigenvalue weighted by Crippen LogP contribution is -2.50. The van der Waals surface area contributed by atoms with Gasteiger partial charge in [0.15, 0.2) is 0 Å². The van der Waals surface area contributed by atoms with Crippen LogP contribution in [0.15, 0.2) is 18.2 Å². The first kappa shape index (κ1) is 20.8. The van der Waals surface area contributed by atoms with E-state index in [2.05, 4.69) is 0 Å². The highest BCUT2D eigenvalue weighted by Crippen LogP contribution is 2.17. The van der Waals surface area contributed by atoms with Crippen LogP contribution in [0.3, 0.4) is 0 Å². The normalized spacial score (nSPS) is 17.3. The minimum absolute atomic E-state index is 0.0189. The monoisotopic (exact) mass is 400 g/mol. The van der Waals surface area contributed by atoms with Crippen molar-refractivity contribution in [2.45, 2.75) is 20.8 Å². The van der Waals surface area contributed by atoms with Crippen LogP contribution in [0.25, 0.3) is 0 Å². The Labute approximate surface area is 171 Å². The van der Waals surface area contributed by atoms with Crippen LogP contribution in [0, 0.1) is 6.92 Å². The summed E-state index contributed by atoms with van der Waals surface area (Å²) in [5.41, 5.74) is 1.84. The molecule has 8 nitrogen and oxygen atoms in total. The van der Waals surface area contributed by atoms with Crippen LogP contribution in [0.4, 0.5) is 0 Å². The topological polar surface area (TPSA) is 81.2 Å². The zero-order valence-corrected chi connectivity index (χ0v) is 17.3. The second-order valence-electron chi connectivity index (χ2n) is 7.68. The van der Waals surface area contributed by atoms with E-state index < -0.39 is 0 Å². The van der Waals surface area contributed by atoms with Crippen LogP contribution in [-0.2, 0) is 9.59 Å². The molecule has 0 N–H and O–H groups in total. The average Bonchev–Trinajstić information content (AvgIpc) is 2.72. The summed E-state index contributed by atoms with van der Waals surface area (Å²) in [5, 5.41) is 0. The molecule has 8 heteroatoms. The molecule has 0 unspecified atom stereocenters. The van der Waals surface area contributed by atoms with Gasteiger partial charge in [-0.05, 0) is 30.7 Å². The van der Waals surface area contributed by atoms with Gasteiger partial charge in [-0.1, -0.05) is 0 Å². The van der Waals surface area contributed by atoms with E-state index in [9.17, 15) is 19.2 Å². The predicted octanol–water partition coefficient (Wildman–Crippen LogP) is 0.604. The molecule has 1 aromatic carbocycles. The molecule has 0 aromatic heterocycles. The highest BCUT2D eigenvalue weighted by Gasteiger charge is 2.26. The number of hydrogen-bond donors (Lipinski definition) is 0. The first-order valence-electron chi connectivity index (χ1n) is 9.97. The zero-order valence-electron chi connectivity index (χ0n) is 17.3. The van der Waals surface area contributed by atoms with Crippen LogP contribution >= 0.6 is 0 Å². The lowest BCUT2D eigenvalue weighted by Gasteiger charge is -2.35. The van der Waals surface area contributed by atoms with Crippen molar-refractivity contribution in [3.05, 3.63) is 34.9 Å². The average molecular weight is 400 g/mol. The number of carbonyl (C=O) groups excluding carboxylic acids is 4. The molecule has 0 bridgehead atoms. The van der Waals surface area contributed by atoms with Gasteiger partial charge in [-0.15, -0.1) is 0 Å². The molecule has 2 aliphatic rings. The number of rotatable bonds is 2. The van der Waals surface area contributed by atoms with Crippen molar-refractivity contribution in [2.24, 2.45) is 0 Å². The number of nitrogens with zero attached hydrogens (tertiary/aromatic N) is 4. The van der Waals surface area contributed by atoms with E-state index in [1.54, 1.807) is 37.8 Å². The summed E-state index contributed by atoms with van der Waals surface area (Å²) in [5.74, 6) is -0.199. The number of benzene rings is 1. The van der Waals surface area contributed by atoms with E-state index >= 15 is 0 Å². The summed E-state index contributed by atoms with van der Waals surface area (Å²) in [7, 11) is 0. The summed E-state index contributed by atoms with van der Waals surface area (Å²) < 4.78 is 0. The van der Waals surface area contributed by atoms with Crippen LogP contribution in [0.1, 0.15) is 40.1 Å². The van der Waals surface area contributed by atoms with Gasteiger partial charge in [-0.25, -0.2) is 0 Å². The van der Waals surface area contributed by atoms with Gasteiger partial charge in [0.1, 0.15) is 0 Å². The molecule has 2 fully saturated rings. The summed E-state index contributed by atoms with van der Waals surface area (Å²) in [4.78, 5) is 55.8. The molecule has 0 saturated carbocycles. The second kappa shape index (κ2) is 8.63. The second-order valence-corrected chi connectivity index (χ2v) is 7.68. The quantitative estimate of drug-likeness (QED) is 0.728. The van der Waals surface area contributed by atoms with Crippen LogP contribution in [0.2, 0.25) is 0 Å². The Kier molecular flexibility index (Phi) is 6.20. The SMILES string of the molecule is CC(=O)N1CCN(C(=O)c2cc(C)cc(C(=O)N3CCN(C(C)=O)CC3)c2)CC1. The third kappa shape index (κ3) is 4.75. The fraction of sp³-hybridized carbons (Fsp3) is 0.524. The highest BCUT2D eigenvalue weighted by molar-refractivity contribution is 6.00. The third-order valence-electron chi connectivity index (χ3n) is 5.60. The molecule has 0 atom stereocenters. The summed E-state index contributed by atoms with van der Waals surface area (Å²) in [6, 6.07) is 5.25. The van der Waals surface area contributed by atoms with Crippen molar-refractivity contribution in [3.8, 4) is 0 Å². The molecular weight excluding hydrogens is 372 g/mol. The largest absolute Gasteiger partial charge is 0.339 e. The molecule has 4 amide bonds. The molecular formula is C21H28N4O4. The molecule has 0 spiro atoms. The minimum Gasteiger partial charge on any atom is -0.339 e. The summed E-state index contributed by atoms with van der Waals surface area (Å²) in [6.07, 6.45) is 0. The number of piperazine rings is 2. The molecule has 3 rings (SSSR count). The van der Waals surface area contributed by atoms with Gasteiger partial charge in [0.05, 0.1) is 0 Å². The molecule has 2 saturated heterocycles. The van der Waals surface area contributed by atoms with Gasteiger partial charge in [-0.2, -0.15) is 0 Å². The predicted molar refractivity (Wildman–Crippen MR) is 107 cm³/mol.